The SMILES string of the molecule is Cl.O=C(O)C1CCCN(CCCN2c3ccccc3[S+]([O-])c3ccccc32)C1. The molecule has 0 saturated carbocycles. The molecule has 2 aliphatic rings. The Morgan fingerprint density at radius 1 is 1.07 bits per heavy atom. The number of anilines is 2. The highest BCUT2D eigenvalue weighted by molar-refractivity contribution is 7.92. The normalized spacial score (nSPS) is 19.5. The summed E-state index contributed by atoms with van der Waals surface area (Å²) in [5, 5.41) is 9.26. The Morgan fingerprint density at radius 2 is 1.68 bits per heavy atom. The molecule has 0 spiro atoms. The average molecular weight is 421 g/mol. The molecule has 1 unspecified atom stereocenters. The number of aliphatic carboxylic acids is 1. The molecule has 1 fully saturated rings. The zero-order chi connectivity index (χ0) is 18.8. The maximum Gasteiger partial charge on any atom is 0.307 e. The summed E-state index contributed by atoms with van der Waals surface area (Å²) in [4.78, 5) is 17.5. The summed E-state index contributed by atoms with van der Waals surface area (Å²) < 4.78 is 12.9. The Labute approximate surface area is 174 Å². The minimum absolute atomic E-state index is 0. The Morgan fingerprint density at radius 3 is 2.29 bits per heavy atom. The molecule has 2 aromatic carbocycles. The van der Waals surface area contributed by atoms with E-state index in [2.05, 4.69) is 9.80 Å². The first-order valence-corrected chi connectivity index (χ1v) is 10.6. The molecule has 0 bridgehead atoms. The van der Waals surface area contributed by atoms with Crippen LogP contribution in [0, 0.1) is 5.92 Å². The van der Waals surface area contributed by atoms with E-state index in [9.17, 15) is 14.5 Å². The molecule has 28 heavy (non-hydrogen) atoms. The van der Waals surface area contributed by atoms with E-state index in [-0.39, 0.29) is 18.3 Å². The lowest BCUT2D eigenvalue weighted by Gasteiger charge is -2.34. The number of piperidine rings is 1. The first-order valence-electron chi connectivity index (χ1n) is 9.47. The Balaban J connectivity index is 0.00000225. The molecule has 1 atom stereocenters. The van der Waals surface area contributed by atoms with Gasteiger partial charge in [0.25, 0.3) is 0 Å². The third-order valence-corrected chi connectivity index (χ3v) is 6.91. The number of rotatable bonds is 5. The first kappa shape index (κ1) is 21.0. The summed E-state index contributed by atoms with van der Waals surface area (Å²) in [6.45, 7) is 3.32. The predicted molar refractivity (Wildman–Crippen MR) is 113 cm³/mol. The van der Waals surface area contributed by atoms with E-state index in [1.54, 1.807) is 0 Å². The standard InChI is InChI=1S/C21H24N2O3S.ClH/c24-21(25)16-7-5-12-22(15-16)13-6-14-23-17-8-1-3-10-19(17)27(26)20-11-4-2-9-18(20)23;/h1-4,8-11,16H,5-7,12-15H2,(H,24,25);1H. The van der Waals surface area contributed by atoms with Crippen molar-refractivity contribution in [1.82, 2.24) is 4.90 Å². The molecule has 0 aromatic heterocycles. The van der Waals surface area contributed by atoms with Crippen molar-refractivity contribution in [1.29, 1.82) is 0 Å². The van der Waals surface area contributed by atoms with Crippen LogP contribution >= 0.6 is 12.4 Å². The first-order chi connectivity index (χ1) is 13.1. The Bertz CT molecular complexity index is 787. The number of para-hydroxylation sites is 2. The van der Waals surface area contributed by atoms with E-state index in [1.165, 1.54) is 0 Å². The van der Waals surface area contributed by atoms with Gasteiger partial charge in [0.2, 0.25) is 0 Å². The zero-order valence-electron chi connectivity index (χ0n) is 15.6. The molecule has 2 aromatic rings. The summed E-state index contributed by atoms with van der Waals surface area (Å²) in [7, 11) is 0. The van der Waals surface area contributed by atoms with Crippen LogP contribution in [-0.2, 0) is 16.0 Å². The summed E-state index contributed by atoms with van der Waals surface area (Å²) in [5.74, 6) is -0.918. The highest BCUT2D eigenvalue weighted by Crippen LogP contribution is 2.43. The second-order valence-electron chi connectivity index (χ2n) is 7.19. The number of hydrogen-bond donors (Lipinski definition) is 1. The number of hydrogen-bond acceptors (Lipinski definition) is 4. The molecule has 150 valence electrons. The number of halogens is 1. The number of nitrogens with zero attached hydrogens (tertiary/aromatic N) is 2. The van der Waals surface area contributed by atoms with Crippen LogP contribution in [0.3, 0.4) is 0 Å². The minimum atomic E-state index is -1.15. The Hall–Kier alpha value is -1.73. The minimum Gasteiger partial charge on any atom is -0.606 e. The fourth-order valence-electron chi connectivity index (χ4n) is 4.08. The number of carboxylic acid groups (broad SMARTS) is 1. The topological polar surface area (TPSA) is 66.8 Å². The van der Waals surface area contributed by atoms with Gasteiger partial charge in [0.1, 0.15) is 0 Å². The quantitative estimate of drug-likeness (QED) is 0.742. The molecular formula is C21H25ClN2O3S. The van der Waals surface area contributed by atoms with Gasteiger partial charge < -0.3 is 19.5 Å². The maximum absolute atomic E-state index is 12.9. The molecule has 0 radical (unpaired) electrons. The molecule has 1 N–H and O–H groups in total. The lowest BCUT2D eigenvalue weighted by Crippen LogP contribution is -2.40. The number of carboxylic acids is 1. The third kappa shape index (κ3) is 4.15. The van der Waals surface area contributed by atoms with Crippen molar-refractivity contribution < 1.29 is 14.5 Å². The summed E-state index contributed by atoms with van der Waals surface area (Å²) in [6, 6.07) is 15.8. The monoisotopic (exact) mass is 420 g/mol. The van der Waals surface area contributed by atoms with Crippen LogP contribution in [0.4, 0.5) is 11.4 Å². The van der Waals surface area contributed by atoms with Crippen molar-refractivity contribution >= 4 is 40.9 Å². The van der Waals surface area contributed by atoms with Gasteiger partial charge in [0.15, 0.2) is 9.79 Å². The van der Waals surface area contributed by atoms with Crippen molar-refractivity contribution in [3.8, 4) is 0 Å². The fourth-order valence-corrected chi connectivity index (χ4v) is 5.45. The smallest absolute Gasteiger partial charge is 0.307 e. The van der Waals surface area contributed by atoms with Crippen molar-refractivity contribution in [2.24, 2.45) is 5.92 Å². The molecule has 0 aliphatic carbocycles. The van der Waals surface area contributed by atoms with Crippen LogP contribution in [0.5, 0.6) is 0 Å². The van der Waals surface area contributed by atoms with Gasteiger partial charge >= 0.3 is 5.97 Å². The van der Waals surface area contributed by atoms with Gasteiger partial charge in [-0.05, 0) is 56.6 Å². The van der Waals surface area contributed by atoms with E-state index in [4.69, 9.17) is 0 Å². The van der Waals surface area contributed by atoms with Crippen LogP contribution in [0.15, 0.2) is 58.3 Å². The van der Waals surface area contributed by atoms with Crippen molar-refractivity contribution in [2.75, 3.05) is 31.1 Å². The highest BCUT2D eigenvalue weighted by atomic mass is 35.5. The van der Waals surface area contributed by atoms with E-state index >= 15 is 0 Å². The van der Waals surface area contributed by atoms with Gasteiger partial charge in [-0.3, -0.25) is 4.79 Å². The van der Waals surface area contributed by atoms with E-state index in [1.807, 2.05) is 48.5 Å². The molecule has 5 nitrogen and oxygen atoms in total. The van der Waals surface area contributed by atoms with Crippen LogP contribution in [0.25, 0.3) is 0 Å². The van der Waals surface area contributed by atoms with E-state index in [0.29, 0.717) is 6.54 Å². The molecular weight excluding hydrogens is 396 g/mol. The van der Waals surface area contributed by atoms with E-state index in [0.717, 1.165) is 60.1 Å². The molecule has 2 aliphatic heterocycles. The number of likely N-dealkylation sites (tertiary alicyclic amines) is 1. The fraction of sp³-hybridized carbons (Fsp3) is 0.381. The van der Waals surface area contributed by atoms with Crippen LogP contribution < -0.4 is 4.90 Å². The number of fused-ring (bicyclic) bond motifs is 2. The molecule has 0 amide bonds. The Kier molecular flexibility index (Phi) is 6.88. The second-order valence-corrected chi connectivity index (χ2v) is 8.60. The largest absolute Gasteiger partial charge is 0.606 e. The van der Waals surface area contributed by atoms with Crippen molar-refractivity contribution in [3.63, 3.8) is 0 Å². The van der Waals surface area contributed by atoms with Crippen LogP contribution in [0.2, 0.25) is 0 Å². The third-order valence-electron chi connectivity index (χ3n) is 5.42. The highest BCUT2D eigenvalue weighted by Gasteiger charge is 2.33. The average Bonchev–Trinajstić information content (AvgIpc) is 2.71. The number of benzene rings is 2. The van der Waals surface area contributed by atoms with Gasteiger partial charge in [-0.2, -0.15) is 0 Å². The lowest BCUT2D eigenvalue weighted by atomic mass is 9.98. The molecule has 4 rings (SSSR count). The summed E-state index contributed by atoms with van der Waals surface area (Å²) in [5.41, 5.74) is 2.02. The maximum atomic E-state index is 12.9. The van der Waals surface area contributed by atoms with Gasteiger partial charge in [0.05, 0.1) is 17.3 Å². The van der Waals surface area contributed by atoms with Gasteiger partial charge in [-0.15, -0.1) is 12.4 Å². The summed E-state index contributed by atoms with van der Waals surface area (Å²) in [6.07, 6.45) is 2.66. The van der Waals surface area contributed by atoms with Crippen molar-refractivity contribution in [2.45, 2.75) is 29.1 Å². The van der Waals surface area contributed by atoms with Gasteiger partial charge in [-0.1, -0.05) is 24.3 Å². The van der Waals surface area contributed by atoms with E-state index < -0.39 is 17.1 Å². The van der Waals surface area contributed by atoms with Crippen LogP contribution in [-0.4, -0.2) is 46.7 Å². The van der Waals surface area contributed by atoms with Gasteiger partial charge in [-0.25, -0.2) is 0 Å². The number of carbonyl (C=O) groups is 1. The van der Waals surface area contributed by atoms with Gasteiger partial charge in [0, 0.05) is 24.3 Å². The predicted octanol–water partition coefficient (Wildman–Crippen LogP) is 3.91. The lowest BCUT2D eigenvalue weighted by molar-refractivity contribution is -0.143. The second kappa shape index (κ2) is 9.18. The molecule has 1 saturated heterocycles. The zero-order valence-corrected chi connectivity index (χ0v) is 17.3. The van der Waals surface area contributed by atoms with Crippen LogP contribution in [0.1, 0.15) is 19.3 Å². The molecule has 7 heteroatoms. The van der Waals surface area contributed by atoms with Crippen molar-refractivity contribution in [3.05, 3.63) is 48.5 Å². The summed E-state index contributed by atoms with van der Waals surface area (Å²) >= 11 is -1.15. The molecule has 2 heterocycles.